The number of hydrogen-bond donors (Lipinski definition) is 0. The first-order chi connectivity index (χ1) is 15.1. The number of carbonyl (C=O) groups is 1. The van der Waals surface area contributed by atoms with Crippen LogP contribution < -0.4 is 4.74 Å². The molecule has 0 aliphatic rings. The minimum atomic E-state index is -0.143. The largest absolute Gasteiger partial charge is 0.471 e. The average molecular weight is 415 g/mol. The second-order valence-corrected chi connectivity index (χ2v) is 7.27. The summed E-state index contributed by atoms with van der Waals surface area (Å²) in [7, 11) is 1.76. The van der Waals surface area contributed by atoms with E-state index in [0.29, 0.717) is 12.2 Å². The van der Waals surface area contributed by atoms with Crippen LogP contribution in [0.2, 0.25) is 0 Å². The summed E-state index contributed by atoms with van der Waals surface area (Å²) in [5.74, 6) is 0.600. The van der Waals surface area contributed by atoms with E-state index in [1.165, 1.54) is 0 Å². The van der Waals surface area contributed by atoms with Crippen LogP contribution in [0.1, 0.15) is 23.0 Å². The van der Waals surface area contributed by atoms with Crippen LogP contribution in [0, 0.1) is 0 Å². The molecule has 4 aromatic rings. The number of aryl methyl sites for hydroxylation is 1. The molecule has 0 aliphatic heterocycles. The third-order valence-corrected chi connectivity index (χ3v) is 4.96. The molecule has 0 saturated carbocycles. The third-order valence-electron chi connectivity index (χ3n) is 4.96. The fraction of sp³-hybridized carbons (Fsp3) is 0.208. The first-order valence-corrected chi connectivity index (χ1v) is 10.2. The van der Waals surface area contributed by atoms with Crippen LogP contribution >= 0.6 is 0 Å². The Balaban J connectivity index is 1.32. The molecule has 1 amide bonds. The van der Waals surface area contributed by atoms with E-state index < -0.39 is 0 Å². The Hall–Kier alpha value is -3.87. The van der Waals surface area contributed by atoms with Gasteiger partial charge in [-0.1, -0.05) is 42.5 Å². The number of ether oxygens (including phenoxy) is 1. The van der Waals surface area contributed by atoms with Crippen molar-refractivity contribution in [2.75, 3.05) is 7.05 Å². The number of benzene rings is 2. The van der Waals surface area contributed by atoms with Gasteiger partial charge in [0, 0.05) is 38.1 Å². The van der Waals surface area contributed by atoms with Crippen LogP contribution in [0.15, 0.2) is 79.3 Å². The van der Waals surface area contributed by atoms with Gasteiger partial charge in [-0.25, -0.2) is 4.68 Å². The molecule has 0 radical (unpaired) electrons. The smallest absolute Gasteiger partial charge is 0.274 e. The van der Waals surface area contributed by atoms with E-state index in [-0.39, 0.29) is 12.6 Å². The van der Waals surface area contributed by atoms with E-state index in [4.69, 9.17) is 4.74 Å². The summed E-state index contributed by atoms with van der Waals surface area (Å²) in [4.78, 5) is 14.3. The number of rotatable bonds is 8. The topological polar surface area (TPSA) is 65.2 Å². The number of aromatic nitrogens is 4. The zero-order valence-electron chi connectivity index (χ0n) is 17.7. The first-order valence-electron chi connectivity index (χ1n) is 10.2. The standard InChI is InChI=1S/C24H25N5O2/c1-3-28-17-19(15-25-28)16-27(2)24(30)23-13-14-29(26-23)18-31-22-11-9-21(10-12-22)20-7-5-4-6-8-20/h4-15,17H,3,16,18H2,1-2H3. The number of nitrogens with zero attached hydrogens (tertiary/aromatic N) is 5. The number of hydrogen-bond acceptors (Lipinski definition) is 4. The second kappa shape index (κ2) is 9.30. The molecule has 2 heterocycles. The van der Waals surface area contributed by atoms with Gasteiger partial charge in [-0.2, -0.15) is 10.2 Å². The van der Waals surface area contributed by atoms with Gasteiger partial charge in [0.1, 0.15) is 5.75 Å². The Bertz CT molecular complexity index is 1130. The summed E-state index contributed by atoms with van der Waals surface area (Å²) in [5, 5.41) is 8.60. The van der Waals surface area contributed by atoms with Crippen LogP contribution in [-0.4, -0.2) is 37.4 Å². The Morgan fingerprint density at radius 1 is 1.00 bits per heavy atom. The summed E-state index contributed by atoms with van der Waals surface area (Å²) in [6, 6.07) is 19.8. The highest BCUT2D eigenvalue weighted by molar-refractivity contribution is 5.91. The van der Waals surface area contributed by atoms with E-state index in [1.807, 2.05) is 60.3 Å². The molecule has 0 fully saturated rings. The van der Waals surface area contributed by atoms with Crippen molar-refractivity contribution in [2.24, 2.45) is 0 Å². The van der Waals surface area contributed by atoms with Gasteiger partial charge < -0.3 is 9.64 Å². The zero-order chi connectivity index (χ0) is 21.6. The highest BCUT2D eigenvalue weighted by Gasteiger charge is 2.16. The molecule has 7 nitrogen and oxygen atoms in total. The van der Waals surface area contributed by atoms with Crippen molar-refractivity contribution >= 4 is 5.91 Å². The normalized spacial score (nSPS) is 10.8. The van der Waals surface area contributed by atoms with Gasteiger partial charge in [0.25, 0.3) is 5.91 Å². The van der Waals surface area contributed by atoms with E-state index >= 15 is 0 Å². The predicted octanol–water partition coefficient (Wildman–Crippen LogP) is 4.08. The van der Waals surface area contributed by atoms with E-state index in [0.717, 1.165) is 29.0 Å². The lowest BCUT2D eigenvalue weighted by Crippen LogP contribution is -2.26. The second-order valence-electron chi connectivity index (χ2n) is 7.27. The minimum absolute atomic E-state index is 0.143. The zero-order valence-corrected chi connectivity index (χ0v) is 17.7. The van der Waals surface area contributed by atoms with Crippen molar-refractivity contribution in [2.45, 2.75) is 26.7 Å². The third kappa shape index (κ3) is 5.01. The Labute approximate surface area is 181 Å². The summed E-state index contributed by atoms with van der Waals surface area (Å²) in [6.07, 6.45) is 5.47. The molecule has 0 aliphatic carbocycles. The molecular weight excluding hydrogens is 390 g/mol. The predicted molar refractivity (Wildman–Crippen MR) is 118 cm³/mol. The van der Waals surface area contributed by atoms with Gasteiger partial charge in [0.15, 0.2) is 12.4 Å². The highest BCUT2D eigenvalue weighted by atomic mass is 16.5. The molecule has 0 unspecified atom stereocenters. The van der Waals surface area contributed by atoms with E-state index in [2.05, 4.69) is 22.3 Å². The number of carbonyl (C=O) groups excluding carboxylic acids is 1. The van der Waals surface area contributed by atoms with Crippen LogP contribution in [0.3, 0.4) is 0 Å². The Morgan fingerprint density at radius 2 is 1.74 bits per heavy atom. The highest BCUT2D eigenvalue weighted by Crippen LogP contribution is 2.22. The van der Waals surface area contributed by atoms with Gasteiger partial charge in [-0.15, -0.1) is 0 Å². The maximum absolute atomic E-state index is 12.7. The van der Waals surface area contributed by atoms with Gasteiger partial charge >= 0.3 is 0 Å². The fourth-order valence-electron chi connectivity index (χ4n) is 3.26. The summed E-state index contributed by atoms with van der Waals surface area (Å²) in [6.45, 7) is 3.54. The lowest BCUT2D eigenvalue weighted by Gasteiger charge is -2.14. The molecule has 4 rings (SSSR count). The van der Waals surface area contributed by atoms with E-state index in [1.54, 1.807) is 35.1 Å². The van der Waals surface area contributed by atoms with Crippen molar-refractivity contribution in [1.29, 1.82) is 0 Å². The molecule has 0 atom stereocenters. The van der Waals surface area contributed by atoms with Crippen LogP contribution in [-0.2, 0) is 19.8 Å². The van der Waals surface area contributed by atoms with Crippen molar-refractivity contribution in [3.05, 3.63) is 90.5 Å². The average Bonchev–Trinajstić information content (AvgIpc) is 3.47. The molecule has 2 aromatic carbocycles. The van der Waals surface area contributed by atoms with E-state index in [9.17, 15) is 4.79 Å². The maximum Gasteiger partial charge on any atom is 0.274 e. The lowest BCUT2D eigenvalue weighted by molar-refractivity contribution is 0.0777. The Morgan fingerprint density at radius 3 is 2.45 bits per heavy atom. The van der Waals surface area contributed by atoms with Gasteiger partial charge in [-0.05, 0) is 36.2 Å². The number of amides is 1. The van der Waals surface area contributed by atoms with Gasteiger partial charge in [0.05, 0.1) is 6.20 Å². The molecule has 0 bridgehead atoms. The van der Waals surface area contributed by atoms with Crippen LogP contribution in [0.4, 0.5) is 0 Å². The summed E-state index contributed by atoms with van der Waals surface area (Å²) in [5.41, 5.74) is 3.66. The van der Waals surface area contributed by atoms with Crippen molar-refractivity contribution in [3.63, 3.8) is 0 Å². The monoisotopic (exact) mass is 415 g/mol. The maximum atomic E-state index is 12.7. The van der Waals surface area contributed by atoms with Gasteiger partial charge in [-0.3, -0.25) is 9.48 Å². The quantitative estimate of drug-likeness (QED) is 0.435. The van der Waals surface area contributed by atoms with Crippen molar-refractivity contribution < 1.29 is 9.53 Å². The summed E-state index contributed by atoms with van der Waals surface area (Å²) >= 11 is 0. The Kier molecular flexibility index (Phi) is 6.12. The first kappa shape index (κ1) is 20.4. The molecule has 2 aromatic heterocycles. The minimum Gasteiger partial charge on any atom is -0.471 e. The molecule has 158 valence electrons. The lowest BCUT2D eigenvalue weighted by atomic mass is 10.1. The van der Waals surface area contributed by atoms with Crippen LogP contribution in [0.25, 0.3) is 11.1 Å². The van der Waals surface area contributed by atoms with Crippen molar-refractivity contribution in [3.8, 4) is 16.9 Å². The molecule has 31 heavy (non-hydrogen) atoms. The fourth-order valence-corrected chi connectivity index (χ4v) is 3.26. The molecule has 0 N–H and O–H groups in total. The molecular formula is C24H25N5O2. The van der Waals surface area contributed by atoms with Gasteiger partial charge in [0.2, 0.25) is 0 Å². The van der Waals surface area contributed by atoms with Crippen molar-refractivity contribution in [1.82, 2.24) is 24.5 Å². The van der Waals surface area contributed by atoms with Crippen LogP contribution in [0.5, 0.6) is 5.75 Å². The molecule has 0 saturated heterocycles. The molecule has 7 heteroatoms. The SMILES string of the molecule is CCn1cc(CN(C)C(=O)c2ccn(COc3ccc(-c4ccccc4)cc3)n2)cn1. The summed E-state index contributed by atoms with van der Waals surface area (Å²) < 4.78 is 9.26. The molecule has 0 spiro atoms.